The van der Waals surface area contributed by atoms with Crippen LogP contribution < -0.4 is 0 Å². The van der Waals surface area contributed by atoms with Crippen molar-refractivity contribution in [1.29, 1.82) is 0 Å². The molecule has 1 unspecified atom stereocenters. The molecule has 0 aromatic heterocycles. The highest BCUT2D eigenvalue weighted by molar-refractivity contribution is 5.15. The Morgan fingerprint density at radius 1 is 0.966 bits per heavy atom. The fraction of sp³-hybridized carbons (Fsp3) is 1.00. The summed E-state index contributed by atoms with van der Waals surface area (Å²) in [6.45, 7) is 10.7. The van der Waals surface area contributed by atoms with Crippen molar-refractivity contribution in [3.8, 4) is 0 Å². The van der Waals surface area contributed by atoms with Crippen molar-refractivity contribution in [1.82, 2.24) is 0 Å². The van der Waals surface area contributed by atoms with Gasteiger partial charge in [0.25, 0.3) is 0 Å². The first-order valence-electron chi connectivity index (χ1n) is 12.8. The average Bonchev–Trinajstić information content (AvgIpc) is 3.24. The van der Waals surface area contributed by atoms with E-state index in [1.54, 1.807) is 0 Å². The maximum absolute atomic E-state index is 11.7. The second-order valence-corrected chi connectivity index (χ2v) is 12.3. The van der Waals surface area contributed by atoms with E-state index in [4.69, 9.17) is 9.78 Å². The molecule has 1 heterocycles. The molecule has 1 saturated heterocycles. The first-order valence-corrected chi connectivity index (χ1v) is 12.8. The highest BCUT2D eigenvalue weighted by atomic mass is 17.2. The largest absolute Gasteiger partial charge is 0.389 e. The number of aliphatic hydroxyl groups is 1. The second-order valence-electron chi connectivity index (χ2n) is 12.3. The van der Waals surface area contributed by atoms with E-state index in [1.165, 1.54) is 57.8 Å². The maximum Gasteiger partial charge on any atom is 0.106 e. The molecular formula is C26H44O3. The molecule has 4 saturated carbocycles. The summed E-state index contributed by atoms with van der Waals surface area (Å²) in [5, 5.41) is 11.7. The molecule has 3 heteroatoms. The van der Waals surface area contributed by atoms with E-state index in [0.717, 1.165) is 49.5 Å². The molecule has 5 fully saturated rings. The molecule has 1 N–H and O–H groups in total. The third-order valence-electron chi connectivity index (χ3n) is 11.5. The molecule has 5 rings (SSSR count). The molecule has 5 aliphatic rings. The first-order chi connectivity index (χ1) is 13.8. The molecule has 0 aromatic rings. The van der Waals surface area contributed by atoms with Crippen LogP contribution in [-0.2, 0) is 9.78 Å². The molecule has 166 valence electrons. The van der Waals surface area contributed by atoms with Crippen LogP contribution in [0.2, 0.25) is 0 Å². The summed E-state index contributed by atoms with van der Waals surface area (Å²) in [6, 6.07) is 0. The molecular weight excluding hydrogens is 360 g/mol. The van der Waals surface area contributed by atoms with Gasteiger partial charge in [-0.2, -0.15) is 0 Å². The Balaban J connectivity index is 1.40. The molecule has 1 aliphatic heterocycles. The summed E-state index contributed by atoms with van der Waals surface area (Å²) in [5.74, 6) is 3.86. The number of hydrogen-bond acceptors (Lipinski definition) is 3. The van der Waals surface area contributed by atoms with Crippen LogP contribution in [0.5, 0.6) is 0 Å². The molecule has 29 heavy (non-hydrogen) atoms. The van der Waals surface area contributed by atoms with Crippen molar-refractivity contribution in [2.45, 2.75) is 116 Å². The molecule has 4 aliphatic carbocycles. The third-order valence-corrected chi connectivity index (χ3v) is 11.5. The summed E-state index contributed by atoms with van der Waals surface area (Å²) < 4.78 is 0. The fourth-order valence-corrected chi connectivity index (χ4v) is 9.57. The van der Waals surface area contributed by atoms with E-state index < -0.39 is 5.60 Å². The Labute approximate surface area is 178 Å². The minimum Gasteiger partial charge on any atom is -0.389 e. The minimum absolute atomic E-state index is 0.00732. The Morgan fingerprint density at radius 2 is 1.76 bits per heavy atom. The van der Waals surface area contributed by atoms with Gasteiger partial charge in [-0.05, 0) is 98.2 Å². The van der Waals surface area contributed by atoms with Crippen molar-refractivity contribution >= 4 is 0 Å². The van der Waals surface area contributed by atoms with Crippen molar-refractivity contribution < 1.29 is 14.9 Å². The van der Waals surface area contributed by atoms with Crippen LogP contribution in [0.4, 0.5) is 0 Å². The maximum atomic E-state index is 11.7. The zero-order valence-electron chi connectivity index (χ0n) is 19.3. The van der Waals surface area contributed by atoms with Crippen molar-refractivity contribution in [2.75, 3.05) is 6.61 Å². The van der Waals surface area contributed by atoms with Crippen molar-refractivity contribution in [3.63, 3.8) is 0 Å². The van der Waals surface area contributed by atoms with Gasteiger partial charge in [-0.25, -0.2) is 9.78 Å². The standard InChI is InChI=1S/C26H44O3/c1-5-6-11-26(27)13-10-21-20-8-7-19-17-25(14-15-28-29-25)16-18(2)24(19,4)22(20)9-12-23(21,26)3/h18-22,27H,5-17H2,1-4H3/t18-,19-,20-,21-,22-,23-,24-,25?,26-/m0/s1. The predicted octanol–water partition coefficient (Wildman–Crippen LogP) is 6.29. The highest BCUT2D eigenvalue weighted by Gasteiger charge is 2.66. The molecule has 0 radical (unpaired) electrons. The van der Waals surface area contributed by atoms with Gasteiger partial charge in [0, 0.05) is 6.42 Å². The van der Waals surface area contributed by atoms with Gasteiger partial charge in [0.15, 0.2) is 0 Å². The topological polar surface area (TPSA) is 38.7 Å². The van der Waals surface area contributed by atoms with Gasteiger partial charge in [0.2, 0.25) is 0 Å². The summed E-state index contributed by atoms with van der Waals surface area (Å²) in [6.07, 6.45) is 14.4. The number of fused-ring (bicyclic) bond motifs is 5. The first kappa shape index (κ1) is 20.8. The lowest BCUT2D eigenvalue weighted by molar-refractivity contribution is -0.330. The normalized spacial score (nSPS) is 56.8. The van der Waals surface area contributed by atoms with Crippen LogP contribution >= 0.6 is 0 Å². The summed E-state index contributed by atoms with van der Waals surface area (Å²) in [7, 11) is 0. The Hall–Kier alpha value is -0.120. The summed E-state index contributed by atoms with van der Waals surface area (Å²) in [4.78, 5) is 11.3. The third kappa shape index (κ3) is 2.79. The van der Waals surface area contributed by atoms with Gasteiger partial charge in [-0.15, -0.1) is 0 Å². The quantitative estimate of drug-likeness (QED) is 0.562. The van der Waals surface area contributed by atoms with Crippen molar-refractivity contribution in [2.24, 2.45) is 40.4 Å². The minimum atomic E-state index is -0.409. The van der Waals surface area contributed by atoms with Gasteiger partial charge in [-0.3, -0.25) is 0 Å². The van der Waals surface area contributed by atoms with E-state index in [-0.39, 0.29) is 11.0 Å². The SMILES string of the molecule is CCCC[C@]1(O)CC[C@H]2[C@@H]3CC[C@H]4CC5(CCOO5)C[C@H](C)[C@]4(C)[C@H]3CC[C@@]21C. The Kier molecular flexibility index (Phi) is 4.97. The smallest absolute Gasteiger partial charge is 0.106 e. The molecule has 1 spiro atoms. The predicted molar refractivity (Wildman–Crippen MR) is 115 cm³/mol. The monoisotopic (exact) mass is 404 g/mol. The number of unbranched alkanes of at least 4 members (excludes halogenated alkanes) is 1. The molecule has 9 atom stereocenters. The van der Waals surface area contributed by atoms with Crippen LogP contribution in [0.1, 0.15) is 105 Å². The Morgan fingerprint density at radius 3 is 2.48 bits per heavy atom. The van der Waals surface area contributed by atoms with Crippen molar-refractivity contribution in [3.05, 3.63) is 0 Å². The summed E-state index contributed by atoms with van der Waals surface area (Å²) in [5.41, 5.74) is 0.181. The number of hydrogen-bond donors (Lipinski definition) is 1. The summed E-state index contributed by atoms with van der Waals surface area (Å²) >= 11 is 0. The van der Waals surface area contributed by atoms with Crippen LogP contribution in [0.15, 0.2) is 0 Å². The molecule has 0 bridgehead atoms. The lowest BCUT2D eigenvalue weighted by Gasteiger charge is -2.64. The Bertz CT molecular complexity index is 627. The number of rotatable bonds is 3. The van der Waals surface area contributed by atoms with E-state index in [0.29, 0.717) is 11.3 Å². The van der Waals surface area contributed by atoms with Gasteiger partial charge in [0.05, 0.1) is 12.2 Å². The van der Waals surface area contributed by atoms with Gasteiger partial charge < -0.3 is 5.11 Å². The van der Waals surface area contributed by atoms with Gasteiger partial charge >= 0.3 is 0 Å². The highest BCUT2D eigenvalue weighted by Crippen LogP contribution is 2.70. The van der Waals surface area contributed by atoms with E-state index in [2.05, 4.69) is 27.7 Å². The zero-order valence-corrected chi connectivity index (χ0v) is 19.3. The lowest BCUT2D eigenvalue weighted by Crippen LogP contribution is -2.60. The molecule has 3 nitrogen and oxygen atoms in total. The average molecular weight is 405 g/mol. The van der Waals surface area contributed by atoms with E-state index >= 15 is 0 Å². The van der Waals surface area contributed by atoms with Gasteiger partial charge in [0.1, 0.15) is 5.60 Å². The molecule has 0 aromatic carbocycles. The molecule has 0 amide bonds. The van der Waals surface area contributed by atoms with Gasteiger partial charge in [-0.1, -0.05) is 40.5 Å². The second kappa shape index (κ2) is 6.94. The lowest BCUT2D eigenvalue weighted by atomic mass is 9.41. The van der Waals surface area contributed by atoms with Crippen LogP contribution in [0, 0.1) is 40.4 Å². The van der Waals surface area contributed by atoms with Crippen LogP contribution in [-0.4, -0.2) is 22.9 Å². The van der Waals surface area contributed by atoms with Crippen LogP contribution in [0.3, 0.4) is 0 Å². The van der Waals surface area contributed by atoms with E-state index in [1.807, 2.05) is 0 Å². The van der Waals surface area contributed by atoms with Crippen LogP contribution in [0.25, 0.3) is 0 Å². The zero-order chi connectivity index (χ0) is 20.5. The van der Waals surface area contributed by atoms with E-state index in [9.17, 15) is 5.11 Å². The fourth-order valence-electron chi connectivity index (χ4n) is 9.57.